The molecule has 0 saturated heterocycles. The number of nitrogens with zero attached hydrogens (tertiary/aromatic N) is 1. The summed E-state index contributed by atoms with van der Waals surface area (Å²) in [5, 5.41) is 4.89. The molecule has 1 N–H and O–H groups in total. The topological polar surface area (TPSA) is 34.0 Å². The second-order valence-corrected chi connectivity index (χ2v) is 8.95. The SMILES string of the molecule is O=C(C[C@H](c1cccc(Cl)c1)c1cn(Cc2ccc(F)cc2)c2ccccc12)NC1CC1. The van der Waals surface area contributed by atoms with Gasteiger partial charge in [-0.3, -0.25) is 4.79 Å². The zero-order valence-corrected chi connectivity index (χ0v) is 18.4. The number of rotatable bonds is 7. The zero-order chi connectivity index (χ0) is 22.1. The van der Waals surface area contributed by atoms with Crippen molar-refractivity contribution in [2.45, 2.75) is 37.8 Å². The number of carbonyl (C=O) groups is 1. The Hall–Kier alpha value is -3.11. The molecule has 0 unspecified atom stereocenters. The van der Waals surface area contributed by atoms with E-state index >= 15 is 0 Å². The number of nitrogens with one attached hydrogen (secondary N) is 1. The Morgan fingerprint density at radius 3 is 2.59 bits per heavy atom. The van der Waals surface area contributed by atoms with Gasteiger partial charge in [0.05, 0.1) is 0 Å². The first-order valence-electron chi connectivity index (χ1n) is 10.9. The second kappa shape index (κ2) is 8.79. The van der Waals surface area contributed by atoms with Crippen LogP contribution in [0.5, 0.6) is 0 Å². The summed E-state index contributed by atoms with van der Waals surface area (Å²) in [5.74, 6) is -0.297. The number of carbonyl (C=O) groups excluding carboxylic acids is 1. The van der Waals surface area contributed by atoms with E-state index in [4.69, 9.17) is 11.6 Å². The third-order valence-electron chi connectivity index (χ3n) is 6.04. The van der Waals surface area contributed by atoms with Crippen molar-refractivity contribution in [3.8, 4) is 0 Å². The van der Waals surface area contributed by atoms with Crippen LogP contribution in [0.15, 0.2) is 79.0 Å². The van der Waals surface area contributed by atoms with E-state index in [9.17, 15) is 9.18 Å². The second-order valence-electron chi connectivity index (χ2n) is 8.51. The molecule has 1 heterocycles. The number of hydrogen-bond donors (Lipinski definition) is 1. The maximum Gasteiger partial charge on any atom is 0.221 e. The molecule has 1 atom stereocenters. The van der Waals surface area contributed by atoms with Crippen molar-refractivity contribution in [3.05, 3.63) is 107 Å². The molecule has 0 bridgehead atoms. The van der Waals surface area contributed by atoms with Crippen LogP contribution in [0.3, 0.4) is 0 Å². The van der Waals surface area contributed by atoms with Gasteiger partial charge in [-0.05, 0) is 59.9 Å². The molecule has 1 amide bonds. The van der Waals surface area contributed by atoms with Crippen LogP contribution in [0.2, 0.25) is 5.02 Å². The number of para-hydroxylation sites is 1. The van der Waals surface area contributed by atoms with Crippen molar-refractivity contribution < 1.29 is 9.18 Å². The van der Waals surface area contributed by atoms with Crippen LogP contribution < -0.4 is 5.32 Å². The Balaban J connectivity index is 1.56. The third-order valence-corrected chi connectivity index (χ3v) is 6.28. The lowest BCUT2D eigenvalue weighted by atomic mass is 9.88. The first-order valence-corrected chi connectivity index (χ1v) is 11.3. The van der Waals surface area contributed by atoms with Gasteiger partial charge < -0.3 is 9.88 Å². The van der Waals surface area contributed by atoms with E-state index in [0.717, 1.165) is 40.4 Å². The Bertz CT molecular complexity index is 1260. The van der Waals surface area contributed by atoms with Crippen LogP contribution in [-0.4, -0.2) is 16.5 Å². The number of fused-ring (bicyclic) bond motifs is 1. The van der Waals surface area contributed by atoms with Gasteiger partial charge in [-0.1, -0.05) is 54.1 Å². The highest BCUT2D eigenvalue weighted by molar-refractivity contribution is 6.30. The minimum atomic E-state index is -0.241. The van der Waals surface area contributed by atoms with Gasteiger partial charge in [0.15, 0.2) is 0 Å². The lowest BCUT2D eigenvalue weighted by Gasteiger charge is -2.17. The summed E-state index contributed by atoms with van der Waals surface area (Å²) in [5.41, 5.74) is 4.22. The molecule has 1 fully saturated rings. The molecule has 1 saturated carbocycles. The molecule has 1 aromatic heterocycles. The monoisotopic (exact) mass is 446 g/mol. The number of aromatic nitrogens is 1. The molecule has 32 heavy (non-hydrogen) atoms. The highest BCUT2D eigenvalue weighted by atomic mass is 35.5. The maximum atomic E-state index is 13.4. The lowest BCUT2D eigenvalue weighted by molar-refractivity contribution is -0.121. The number of hydrogen-bond acceptors (Lipinski definition) is 1. The van der Waals surface area contributed by atoms with Gasteiger partial charge in [0.2, 0.25) is 5.91 Å². The van der Waals surface area contributed by atoms with E-state index in [2.05, 4.69) is 28.2 Å². The van der Waals surface area contributed by atoms with Crippen molar-refractivity contribution in [2.24, 2.45) is 0 Å². The van der Waals surface area contributed by atoms with E-state index < -0.39 is 0 Å². The van der Waals surface area contributed by atoms with Gasteiger partial charge in [-0.2, -0.15) is 0 Å². The van der Waals surface area contributed by atoms with Gasteiger partial charge in [0.1, 0.15) is 5.82 Å². The molecule has 1 aliphatic carbocycles. The van der Waals surface area contributed by atoms with Gasteiger partial charge in [0, 0.05) is 47.0 Å². The van der Waals surface area contributed by atoms with Crippen molar-refractivity contribution in [1.82, 2.24) is 9.88 Å². The number of amides is 1. The van der Waals surface area contributed by atoms with Crippen molar-refractivity contribution >= 4 is 28.4 Å². The fourth-order valence-corrected chi connectivity index (χ4v) is 4.50. The normalized spacial score (nSPS) is 14.4. The summed E-state index contributed by atoms with van der Waals surface area (Å²) in [4.78, 5) is 12.8. The summed E-state index contributed by atoms with van der Waals surface area (Å²) in [6.45, 7) is 0.622. The minimum absolute atomic E-state index is 0.0628. The zero-order valence-electron chi connectivity index (χ0n) is 17.6. The summed E-state index contributed by atoms with van der Waals surface area (Å²) in [6.07, 6.45) is 4.61. The fourth-order valence-electron chi connectivity index (χ4n) is 4.30. The summed E-state index contributed by atoms with van der Waals surface area (Å²) < 4.78 is 15.5. The predicted octanol–water partition coefficient (Wildman–Crippen LogP) is 6.28. The van der Waals surface area contributed by atoms with E-state index in [1.54, 1.807) is 12.1 Å². The molecule has 5 rings (SSSR count). The summed E-state index contributed by atoms with van der Waals surface area (Å²) in [7, 11) is 0. The Morgan fingerprint density at radius 1 is 1.06 bits per heavy atom. The smallest absolute Gasteiger partial charge is 0.221 e. The molecule has 0 spiro atoms. The van der Waals surface area contributed by atoms with Gasteiger partial charge in [-0.25, -0.2) is 4.39 Å². The van der Waals surface area contributed by atoms with Crippen LogP contribution in [0.25, 0.3) is 10.9 Å². The standard InChI is InChI=1S/C27H24ClFN2O/c28-20-5-3-4-19(14-20)24(15-27(32)30-22-12-13-22)25-17-31(26-7-2-1-6-23(25)26)16-18-8-10-21(29)11-9-18/h1-11,14,17,22,24H,12-13,15-16H2,(H,30,32)/t24-/m1/s1. The number of halogens is 2. The highest BCUT2D eigenvalue weighted by Crippen LogP contribution is 2.36. The van der Waals surface area contributed by atoms with Gasteiger partial charge >= 0.3 is 0 Å². The van der Waals surface area contributed by atoms with Gasteiger partial charge in [-0.15, -0.1) is 0 Å². The molecule has 0 aliphatic heterocycles. The Labute approximate surface area is 191 Å². The van der Waals surface area contributed by atoms with Crippen LogP contribution >= 0.6 is 11.6 Å². The van der Waals surface area contributed by atoms with E-state index in [1.165, 1.54) is 12.1 Å². The average Bonchev–Trinajstić information content (AvgIpc) is 3.53. The van der Waals surface area contributed by atoms with Crippen LogP contribution in [0.4, 0.5) is 4.39 Å². The highest BCUT2D eigenvalue weighted by Gasteiger charge is 2.27. The summed E-state index contributed by atoms with van der Waals surface area (Å²) in [6, 6.07) is 22.9. The molecule has 0 radical (unpaired) electrons. The molecular formula is C27H24ClFN2O. The molecule has 4 aromatic rings. The van der Waals surface area contributed by atoms with Crippen LogP contribution in [-0.2, 0) is 11.3 Å². The quantitative estimate of drug-likeness (QED) is 0.356. The van der Waals surface area contributed by atoms with E-state index in [0.29, 0.717) is 24.0 Å². The summed E-state index contributed by atoms with van der Waals surface area (Å²) >= 11 is 6.31. The average molecular weight is 447 g/mol. The van der Waals surface area contributed by atoms with Crippen LogP contribution in [0.1, 0.15) is 41.9 Å². The largest absolute Gasteiger partial charge is 0.353 e. The lowest BCUT2D eigenvalue weighted by Crippen LogP contribution is -2.27. The van der Waals surface area contributed by atoms with Gasteiger partial charge in [0.25, 0.3) is 0 Å². The third kappa shape index (κ3) is 4.56. The van der Waals surface area contributed by atoms with Crippen molar-refractivity contribution in [1.29, 1.82) is 0 Å². The Morgan fingerprint density at radius 2 is 1.84 bits per heavy atom. The van der Waals surface area contributed by atoms with E-state index in [-0.39, 0.29) is 17.6 Å². The van der Waals surface area contributed by atoms with Crippen molar-refractivity contribution in [3.63, 3.8) is 0 Å². The molecule has 3 nitrogen and oxygen atoms in total. The minimum Gasteiger partial charge on any atom is -0.353 e. The molecular weight excluding hydrogens is 423 g/mol. The molecule has 5 heteroatoms. The fraction of sp³-hybridized carbons (Fsp3) is 0.222. The molecule has 1 aliphatic rings. The van der Waals surface area contributed by atoms with Crippen molar-refractivity contribution in [2.75, 3.05) is 0 Å². The van der Waals surface area contributed by atoms with Crippen LogP contribution in [0, 0.1) is 5.82 Å². The first kappa shape index (κ1) is 20.8. The number of benzene rings is 3. The maximum absolute atomic E-state index is 13.4. The molecule has 3 aromatic carbocycles. The van der Waals surface area contributed by atoms with E-state index in [1.807, 2.05) is 36.4 Å². The molecule has 162 valence electrons. The Kier molecular flexibility index (Phi) is 5.71. The predicted molar refractivity (Wildman–Crippen MR) is 127 cm³/mol. The first-order chi connectivity index (χ1) is 15.6.